The molecule has 1 aromatic heterocycles. The van der Waals surface area contributed by atoms with Gasteiger partial charge in [-0.2, -0.15) is 0 Å². The van der Waals surface area contributed by atoms with Crippen molar-refractivity contribution in [1.82, 2.24) is 4.98 Å². The second-order valence-corrected chi connectivity index (χ2v) is 8.61. The first kappa shape index (κ1) is 16.1. The Morgan fingerprint density at radius 3 is 2.83 bits per heavy atom. The van der Waals surface area contributed by atoms with Crippen LogP contribution in [0.4, 0.5) is 5.13 Å². The maximum atomic E-state index is 12.5. The molecule has 3 rings (SSSR count). The molecule has 0 amide bonds. The molecule has 2 heterocycles. The van der Waals surface area contributed by atoms with Gasteiger partial charge in [-0.25, -0.2) is 13.4 Å². The number of nitrogens with zero attached hydrogens (tertiary/aromatic N) is 2. The Morgan fingerprint density at radius 2 is 2.17 bits per heavy atom. The van der Waals surface area contributed by atoms with Crippen molar-refractivity contribution in [2.24, 2.45) is 5.92 Å². The summed E-state index contributed by atoms with van der Waals surface area (Å²) in [5, 5.41) is 9.79. The summed E-state index contributed by atoms with van der Waals surface area (Å²) in [6.45, 7) is 1.63. The minimum absolute atomic E-state index is 0.126. The third-order valence-corrected chi connectivity index (χ3v) is 5.89. The number of ketones is 1. The van der Waals surface area contributed by atoms with Gasteiger partial charge in [-0.3, -0.25) is 4.79 Å². The van der Waals surface area contributed by atoms with Crippen molar-refractivity contribution < 1.29 is 18.3 Å². The fraction of sp³-hybridized carbons (Fsp3) is 0.333. The Bertz CT molecular complexity index is 839. The van der Waals surface area contributed by atoms with Crippen LogP contribution in [0.2, 0.25) is 0 Å². The van der Waals surface area contributed by atoms with Gasteiger partial charge >= 0.3 is 0 Å². The molecule has 0 radical (unpaired) electrons. The quantitative estimate of drug-likeness (QED) is 0.814. The van der Waals surface area contributed by atoms with Crippen LogP contribution in [0.15, 0.2) is 35.4 Å². The highest BCUT2D eigenvalue weighted by molar-refractivity contribution is 7.90. The second kappa shape index (κ2) is 6.03. The average molecular weight is 352 g/mol. The second-order valence-electron chi connectivity index (χ2n) is 5.59. The summed E-state index contributed by atoms with van der Waals surface area (Å²) in [5.74, 6) is 0.0305. The standard InChI is InChI=1S/C15H16N2O4S2/c1-23(20,21)12-4-2-3-11(5-12)14(19)13-6-16-15(22-13)17-7-10(8-17)9-18/h2-6,10,18H,7-9H2,1H3. The number of benzene rings is 1. The van der Waals surface area contributed by atoms with E-state index in [4.69, 9.17) is 5.11 Å². The molecule has 0 unspecified atom stereocenters. The fourth-order valence-corrected chi connectivity index (χ4v) is 3.93. The molecule has 23 heavy (non-hydrogen) atoms. The highest BCUT2D eigenvalue weighted by atomic mass is 32.2. The third kappa shape index (κ3) is 3.29. The maximum absolute atomic E-state index is 12.5. The minimum Gasteiger partial charge on any atom is -0.396 e. The van der Waals surface area contributed by atoms with Crippen LogP contribution in [-0.2, 0) is 9.84 Å². The summed E-state index contributed by atoms with van der Waals surface area (Å²) in [4.78, 5) is 19.4. The van der Waals surface area contributed by atoms with Gasteiger partial charge in [0.15, 0.2) is 15.0 Å². The smallest absolute Gasteiger partial charge is 0.204 e. The molecule has 8 heteroatoms. The Morgan fingerprint density at radius 1 is 1.43 bits per heavy atom. The summed E-state index contributed by atoms with van der Waals surface area (Å²) < 4.78 is 23.2. The van der Waals surface area contributed by atoms with Crippen LogP contribution < -0.4 is 4.90 Å². The Hall–Kier alpha value is -1.77. The van der Waals surface area contributed by atoms with Gasteiger partial charge in [0, 0.05) is 37.4 Å². The Kier molecular flexibility index (Phi) is 4.22. The molecular weight excluding hydrogens is 336 g/mol. The summed E-state index contributed by atoms with van der Waals surface area (Å²) in [6, 6.07) is 6.02. The van der Waals surface area contributed by atoms with E-state index in [2.05, 4.69) is 4.98 Å². The predicted molar refractivity (Wildman–Crippen MR) is 87.9 cm³/mol. The summed E-state index contributed by atoms with van der Waals surface area (Å²) >= 11 is 1.28. The first-order valence-electron chi connectivity index (χ1n) is 7.05. The minimum atomic E-state index is -3.35. The average Bonchev–Trinajstić information content (AvgIpc) is 2.94. The van der Waals surface area contributed by atoms with Gasteiger partial charge in [-0.1, -0.05) is 23.5 Å². The maximum Gasteiger partial charge on any atom is 0.204 e. The van der Waals surface area contributed by atoms with Crippen molar-refractivity contribution >= 4 is 32.1 Å². The first-order chi connectivity index (χ1) is 10.9. The lowest BCUT2D eigenvalue weighted by atomic mass is 10.0. The molecule has 1 aromatic carbocycles. The number of sulfone groups is 1. The number of thiazole rings is 1. The molecule has 1 aliphatic heterocycles. The lowest BCUT2D eigenvalue weighted by molar-refractivity contribution is 0.104. The normalized spacial score (nSPS) is 15.5. The zero-order valence-electron chi connectivity index (χ0n) is 12.5. The highest BCUT2D eigenvalue weighted by Crippen LogP contribution is 2.30. The Labute approximate surface area is 138 Å². The summed E-state index contributed by atoms with van der Waals surface area (Å²) in [6.07, 6.45) is 2.63. The molecule has 6 nitrogen and oxygen atoms in total. The van der Waals surface area contributed by atoms with E-state index in [0.29, 0.717) is 10.4 Å². The molecule has 1 aliphatic rings. The highest BCUT2D eigenvalue weighted by Gasteiger charge is 2.28. The van der Waals surface area contributed by atoms with Crippen LogP contribution in [0.25, 0.3) is 0 Å². The van der Waals surface area contributed by atoms with Crippen molar-refractivity contribution in [2.45, 2.75) is 4.90 Å². The lowest BCUT2D eigenvalue weighted by Crippen LogP contribution is -2.48. The van der Waals surface area contributed by atoms with E-state index in [0.717, 1.165) is 24.5 Å². The number of carbonyl (C=O) groups excluding carboxylic acids is 1. The van der Waals surface area contributed by atoms with Crippen LogP contribution in [0.1, 0.15) is 15.2 Å². The van der Waals surface area contributed by atoms with Crippen LogP contribution in [0.5, 0.6) is 0 Å². The van der Waals surface area contributed by atoms with Crippen molar-refractivity contribution in [2.75, 3.05) is 30.9 Å². The Balaban J connectivity index is 1.80. The van der Waals surface area contributed by atoms with Gasteiger partial charge < -0.3 is 10.0 Å². The van der Waals surface area contributed by atoms with Crippen LogP contribution >= 0.6 is 11.3 Å². The molecule has 0 aliphatic carbocycles. The summed E-state index contributed by atoms with van der Waals surface area (Å²) in [5.41, 5.74) is 0.333. The van der Waals surface area contributed by atoms with Crippen LogP contribution in [0, 0.1) is 5.92 Å². The number of hydrogen-bond donors (Lipinski definition) is 1. The fourth-order valence-electron chi connectivity index (χ4n) is 2.37. The molecular formula is C15H16N2O4S2. The molecule has 1 fully saturated rings. The van der Waals surface area contributed by atoms with E-state index in [1.807, 2.05) is 4.90 Å². The van der Waals surface area contributed by atoms with Crippen LogP contribution in [0.3, 0.4) is 0 Å². The molecule has 0 spiro atoms. The third-order valence-electron chi connectivity index (χ3n) is 3.73. The van der Waals surface area contributed by atoms with E-state index in [1.165, 1.54) is 29.7 Å². The van der Waals surface area contributed by atoms with Gasteiger partial charge in [0.2, 0.25) is 5.78 Å². The topological polar surface area (TPSA) is 87.6 Å². The van der Waals surface area contributed by atoms with Crippen LogP contribution in [-0.4, -0.2) is 50.2 Å². The largest absolute Gasteiger partial charge is 0.396 e. The number of aliphatic hydroxyl groups is 1. The monoisotopic (exact) mass is 352 g/mol. The van der Waals surface area contributed by atoms with Gasteiger partial charge in [0.25, 0.3) is 0 Å². The summed E-state index contributed by atoms with van der Waals surface area (Å²) in [7, 11) is -3.35. The number of aromatic nitrogens is 1. The van der Waals surface area contributed by atoms with Gasteiger partial charge in [0.1, 0.15) is 0 Å². The molecule has 0 atom stereocenters. The van der Waals surface area contributed by atoms with Crippen molar-refractivity contribution in [1.29, 1.82) is 0 Å². The molecule has 1 saturated heterocycles. The van der Waals surface area contributed by atoms with Gasteiger partial charge in [-0.15, -0.1) is 0 Å². The molecule has 0 bridgehead atoms. The number of hydrogen-bond acceptors (Lipinski definition) is 7. The predicted octanol–water partition coefficient (Wildman–Crippen LogP) is 1.21. The first-order valence-corrected chi connectivity index (χ1v) is 9.75. The SMILES string of the molecule is CS(=O)(=O)c1cccc(C(=O)c2cnc(N3CC(CO)C3)s2)c1. The zero-order valence-corrected chi connectivity index (χ0v) is 14.1. The van der Waals surface area contributed by atoms with E-state index in [9.17, 15) is 13.2 Å². The number of aliphatic hydroxyl groups excluding tert-OH is 1. The molecule has 122 valence electrons. The van der Waals surface area contributed by atoms with Gasteiger partial charge in [0.05, 0.1) is 16.0 Å². The van der Waals surface area contributed by atoms with Gasteiger partial charge in [-0.05, 0) is 12.1 Å². The zero-order chi connectivity index (χ0) is 16.6. The van der Waals surface area contributed by atoms with E-state index in [-0.39, 0.29) is 23.2 Å². The van der Waals surface area contributed by atoms with Crippen molar-refractivity contribution in [3.05, 3.63) is 40.9 Å². The number of rotatable bonds is 5. The lowest BCUT2D eigenvalue weighted by Gasteiger charge is -2.37. The molecule has 1 N–H and O–H groups in total. The molecule has 2 aromatic rings. The molecule has 0 saturated carbocycles. The number of anilines is 1. The van der Waals surface area contributed by atoms with E-state index < -0.39 is 9.84 Å². The van der Waals surface area contributed by atoms with Crippen molar-refractivity contribution in [3.63, 3.8) is 0 Å². The van der Waals surface area contributed by atoms with Crippen molar-refractivity contribution in [3.8, 4) is 0 Å². The van der Waals surface area contributed by atoms with E-state index >= 15 is 0 Å². The van der Waals surface area contributed by atoms with E-state index in [1.54, 1.807) is 12.1 Å². The number of carbonyl (C=O) groups is 1.